The molecule has 7 heteroatoms. The van der Waals surface area contributed by atoms with Crippen molar-refractivity contribution in [3.8, 4) is 11.5 Å². The van der Waals surface area contributed by atoms with Crippen LogP contribution in [-0.4, -0.2) is 21.9 Å². The molecule has 0 amide bonds. The van der Waals surface area contributed by atoms with Gasteiger partial charge in [0, 0.05) is 16.2 Å². The van der Waals surface area contributed by atoms with Crippen LogP contribution in [0.5, 0.6) is 11.5 Å². The van der Waals surface area contributed by atoms with Crippen LogP contribution in [0.25, 0.3) is 5.70 Å². The van der Waals surface area contributed by atoms with Crippen LogP contribution in [0.2, 0.25) is 5.02 Å². The zero-order chi connectivity index (χ0) is 21.7. The lowest BCUT2D eigenvalue weighted by Gasteiger charge is -2.39. The molecule has 32 heavy (non-hydrogen) atoms. The summed E-state index contributed by atoms with van der Waals surface area (Å²) in [5, 5.41) is 8.74. The Morgan fingerprint density at radius 3 is 2.69 bits per heavy atom. The van der Waals surface area contributed by atoms with Crippen LogP contribution < -0.4 is 14.8 Å². The van der Waals surface area contributed by atoms with E-state index in [1.165, 1.54) is 0 Å². The van der Waals surface area contributed by atoms with Gasteiger partial charge >= 0.3 is 0 Å². The standard InChI is InChI=1S/C25H19ClN4O2/c1-31-18-6-4-5-16(13-18)23-21-22(29-25-27-14-28-30(23)25)19-7-2-3-8-20(19)32-24(21)15-9-11-17(26)12-10-15/h2-14,23-24H,1H3,(H,27,28,29)/t23-,24+/m1/s1. The number of nitrogens with one attached hydrogen (secondary N) is 1. The maximum Gasteiger partial charge on any atom is 0.226 e. The third kappa shape index (κ3) is 2.95. The largest absolute Gasteiger partial charge is 0.497 e. The van der Waals surface area contributed by atoms with Crippen molar-refractivity contribution in [2.75, 3.05) is 12.4 Å². The fourth-order valence-corrected chi connectivity index (χ4v) is 4.59. The molecule has 1 aromatic heterocycles. The number of nitrogens with zero attached hydrogens (tertiary/aromatic N) is 3. The number of hydrogen-bond acceptors (Lipinski definition) is 5. The number of rotatable bonds is 3. The van der Waals surface area contributed by atoms with Crippen molar-refractivity contribution >= 4 is 23.2 Å². The Labute approximate surface area is 190 Å². The van der Waals surface area contributed by atoms with Crippen LogP contribution in [0.15, 0.2) is 84.7 Å². The average Bonchev–Trinajstić information content (AvgIpc) is 3.31. The molecule has 2 atom stereocenters. The molecule has 0 unspecified atom stereocenters. The highest BCUT2D eigenvalue weighted by Gasteiger charge is 2.40. The number of benzene rings is 3. The minimum atomic E-state index is -0.335. The second-order valence-electron chi connectivity index (χ2n) is 7.71. The van der Waals surface area contributed by atoms with Crippen molar-refractivity contribution in [3.63, 3.8) is 0 Å². The summed E-state index contributed by atoms with van der Waals surface area (Å²) in [7, 11) is 1.67. The lowest BCUT2D eigenvalue weighted by atomic mass is 9.84. The first-order chi connectivity index (χ1) is 15.7. The van der Waals surface area contributed by atoms with Crippen LogP contribution in [0.1, 0.15) is 28.8 Å². The summed E-state index contributed by atoms with van der Waals surface area (Å²) in [4.78, 5) is 4.47. The van der Waals surface area contributed by atoms with Gasteiger partial charge in [0.15, 0.2) is 0 Å². The number of anilines is 1. The summed E-state index contributed by atoms with van der Waals surface area (Å²) in [6.07, 6.45) is 1.23. The smallest absolute Gasteiger partial charge is 0.226 e. The summed E-state index contributed by atoms with van der Waals surface area (Å²) in [5.74, 6) is 2.28. The molecule has 0 fully saturated rings. The summed E-state index contributed by atoms with van der Waals surface area (Å²) in [5.41, 5.74) is 5.08. The summed E-state index contributed by atoms with van der Waals surface area (Å²) >= 11 is 6.18. The second-order valence-corrected chi connectivity index (χ2v) is 8.14. The highest BCUT2D eigenvalue weighted by Crippen LogP contribution is 2.50. The molecule has 3 aromatic carbocycles. The third-order valence-corrected chi connectivity index (χ3v) is 6.16. The molecule has 6 nitrogen and oxygen atoms in total. The first-order valence-electron chi connectivity index (χ1n) is 10.3. The van der Waals surface area contributed by atoms with Crippen molar-refractivity contribution in [3.05, 3.63) is 106 Å². The molecule has 4 aromatic rings. The number of aromatic nitrogens is 3. The van der Waals surface area contributed by atoms with Crippen LogP contribution in [0.3, 0.4) is 0 Å². The van der Waals surface area contributed by atoms with E-state index >= 15 is 0 Å². The van der Waals surface area contributed by atoms with Gasteiger partial charge in [-0.15, -0.1) is 0 Å². The molecule has 1 N–H and O–H groups in total. The monoisotopic (exact) mass is 442 g/mol. The molecular weight excluding hydrogens is 424 g/mol. The number of ether oxygens (including phenoxy) is 2. The van der Waals surface area contributed by atoms with E-state index in [1.54, 1.807) is 13.4 Å². The van der Waals surface area contributed by atoms with E-state index in [1.807, 2.05) is 65.3 Å². The predicted molar refractivity (Wildman–Crippen MR) is 123 cm³/mol. The van der Waals surface area contributed by atoms with Gasteiger partial charge in [0.1, 0.15) is 30.0 Å². The normalized spacial score (nSPS) is 18.7. The lowest BCUT2D eigenvalue weighted by molar-refractivity contribution is 0.223. The molecule has 2 aliphatic heterocycles. The Hall–Kier alpha value is -3.77. The maximum atomic E-state index is 6.59. The van der Waals surface area contributed by atoms with Crippen LogP contribution in [0, 0.1) is 0 Å². The van der Waals surface area contributed by atoms with Crippen molar-refractivity contribution in [2.45, 2.75) is 12.1 Å². The van der Waals surface area contributed by atoms with Gasteiger partial charge in [-0.25, -0.2) is 4.68 Å². The fraction of sp³-hybridized carbons (Fsp3) is 0.120. The first-order valence-corrected chi connectivity index (χ1v) is 10.7. The van der Waals surface area contributed by atoms with Crippen molar-refractivity contribution in [1.29, 1.82) is 0 Å². The number of para-hydroxylation sites is 1. The maximum absolute atomic E-state index is 6.59. The molecule has 6 rings (SSSR count). The Balaban J connectivity index is 1.62. The molecule has 3 heterocycles. The highest BCUT2D eigenvalue weighted by atomic mass is 35.5. The summed E-state index contributed by atoms with van der Waals surface area (Å²) in [6.45, 7) is 0. The van der Waals surface area contributed by atoms with Gasteiger partial charge in [0.05, 0.1) is 12.8 Å². The molecule has 0 saturated carbocycles. The quantitative estimate of drug-likeness (QED) is 0.454. The van der Waals surface area contributed by atoms with Crippen molar-refractivity contribution < 1.29 is 9.47 Å². The molecule has 2 aliphatic rings. The molecular formula is C25H19ClN4O2. The van der Waals surface area contributed by atoms with Gasteiger partial charge in [-0.05, 0) is 47.5 Å². The molecule has 0 aliphatic carbocycles. The minimum Gasteiger partial charge on any atom is -0.497 e. The number of hydrogen-bond donors (Lipinski definition) is 1. The zero-order valence-corrected chi connectivity index (χ0v) is 18.0. The molecule has 0 radical (unpaired) electrons. The predicted octanol–water partition coefficient (Wildman–Crippen LogP) is 5.50. The Kier molecular flexibility index (Phi) is 4.40. The Bertz CT molecular complexity index is 1350. The van der Waals surface area contributed by atoms with E-state index in [9.17, 15) is 0 Å². The molecule has 0 saturated heterocycles. The number of methoxy groups -OCH3 is 1. The average molecular weight is 443 g/mol. The van der Waals surface area contributed by atoms with E-state index in [-0.39, 0.29) is 12.1 Å². The van der Waals surface area contributed by atoms with E-state index in [0.29, 0.717) is 11.0 Å². The van der Waals surface area contributed by atoms with Crippen LogP contribution >= 0.6 is 11.6 Å². The van der Waals surface area contributed by atoms with Gasteiger partial charge in [0.25, 0.3) is 0 Å². The number of halogens is 1. The van der Waals surface area contributed by atoms with Crippen LogP contribution in [-0.2, 0) is 0 Å². The van der Waals surface area contributed by atoms with E-state index in [4.69, 9.17) is 21.1 Å². The molecule has 158 valence electrons. The SMILES string of the molecule is COc1cccc([C@@H]2C3=C(Nc4ncnn42)c2ccccc2O[C@H]3c2ccc(Cl)cc2)c1. The minimum absolute atomic E-state index is 0.229. The van der Waals surface area contributed by atoms with Gasteiger partial charge in [-0.3, -0.25) is 0 Å². The van der Waals surface area contributed by atoms with E-state index in [2.05, 4.69) is 27.5 Å². The molecule has 0 bridgehead atoms. The van der Waals surface area contributed by atoms with Crippen molar-refractivity contribution in [2.24, 2.45) is 0 Å². The Morgan fingerprint density at radius 2 is 1.84 bits per heavy atom. The van der Waals surface area contributed by atoms with Gasteiger partial charge in [-0.2, -0.15) is 10.1 Å². The third-order valence-electron chi connectivity index (χ3n) is 5.90. The van der Waals surface area contributed by atoms with Gasteiger partial charge in [0.2, 0.25) is 5.95 Å². The van der Waals surface area contributed by atoms with Gasteiger partial charge in [-0.1, -0.05) is 48.0 Å². The first kappa shape index (κ1) is 19.0. The topological polar surface area (TPSA) is 61.2 Å². The number of fused-ring (bicyclic) bond motifs is 3. The molecule has 0 spiro atoms. The summed E-state index contributed by atoms with van der Waals surface area (Å²) < 4.78 is 14.0. The van der Waals surface area contributed by atoms with Crippen molar-refractivity contribution in [1.82, 2.24) is 14.8 Å². The summed E-state index contributed by atoms with van der Waals surface area (Å²) in [6, 6.07) is 23.6. The van der Waals surface area contributed by atoms with E-state index < -0.39 is 0 Å². The second kappa shape index (κ2) is 7.43. The fourth-order valence-electron chi connectivity index (χ4n) is 4.46. The zero-order valence-electron chi connectivity index (χ0n) is 17.2. The van der Waals surface area contributed by atoms with E-state index in [0.717, 1.165) is 39.5 Å². The Morgan fingerprint density at radius 1 is 1.00 bits per heavy atom. The highest BCUT2D eigenvalue weighted by molar-refractivity contribution is 6.30. The lowest BCUT2D eigenvalue weighted by Crippen LogP contribution is -2.32. The van der Waals surface area contributed by atoms with Gasteiger partial charge < -0.3 is 14.8 Å². The van der Waals surface area contributed by atoms with Crippen LogP contribution in [0.4, 0.5) is 5.95 Å².